The minimum atomic E-state index is -1.01. The molecule has 4 rings (SSSR count). The largest absolute Gasteiger partial charge is 0.481 e. The van der Waals surface area contributed by atoms with Crippen molar-refractivity contribution < 1.29 is 24.6 Å². The third-order valence-corrected chi connectivity index (χ3v) is 10.1. The number of fused-ring (bicyclic) bond motifs is 1. The zero-order valence-corrected chi connectivity index (χ0v) is 20.2. The van der Waals surface area contributed by atoms with Gasteiger partial charge in [0.1, 0.15) is 6.04 Å². The Hall–Kier alpha value is -1.84. The Bertz CT molecular complexity index is 930. The first-order chi connectivity index (χ1) is 15.3. The van der Waals surface area contributed by atoms with E-state index in [1.165, 1.54) is 16.7 Å². The molecule has 1 spiro atoms. The number of carboxylic acid groups (broad SMARTS) is 1. The molecule has 0 aliphatic carbocycles. The van der Waals surface area contributed by atoms with Crippen LogP contribution in [0.2, 0.25) is 0 Å². The third-order valence-electron chi connectivity index (χ3n) is 6.86. The van der Waals surface area contributed by atoms with Gasteiger partial charge in [0.2, 0.25) is 11.8 Å². The van der Waals surface area contributed by atoms with Gasteiger partial charge < -0.3 is 20.0 Å². The molecule has 0 radical (unpaired) electrons. The number of hydrogen-bond acceptors (Lipinski definition) is 5. The van der Waals surface area contributed by atoms with Crippen LogP contribution in [0.1, 0.15) is 18.9 Å². The van der Waals surface area contributed by atoms with Crippen LogP contribution in [0.25, 0.3) is 0 Å². The predicted octanol–water partition coefficient (Wildman–Crippen LogP) is 2.13. The number of amides is 2. The normalized spacial score (nSPS) is 33.8. The van der Waals surface area contributed by atoms with E-state index in [0.29, 0.717) is 19.5 Å². The number of alkyl halides is 1. The standard InChI is InChI=1S/C23H27BrN2O5S/c1-3-9-25(11-14-7-5-4-6-8-14)21(29)19-23-10-15(24)18(32-23)16(22(30)31)17(23)20(28)26(19)13(2)12-27/h3-8,13,15-19,27H,1,9-12H2,2H3,(H,30,31)/t13-,15?,16-,17+,18-,19?,23?/m1/s1. The van der Waals surface area contributed by atoms with Gasteiger partial charge in [-0.25, -0.2) is 0 Å². The van der Waals surface area contributed by atoms with Gasteiger partial charge in [-0.15, -0.1) is 18.3 Å². The highest BCUT2D eigenvalue weighted by molar-refractivity contribution is 9.09. The molecule has 0 saturated carbocycles. The van der Waals surface area contributed by atoms with Crippen LogP contribution in [0.3, 0.4) is 0 Å². The number of carbonyl (C=O) groups excluding carboxylic acids is 2. The SMILES string of the molecule is C=CCN(Cc1ccccc1)C(=O)C1N([C@H](C)CO)C(=O)[C@@H]2[C@@H](C(=O)O)[C@@H]3SC12CC3Br. The average Bonchev–Trinajstić information content (AvgIpc) is 3.36. The van der Waals surface area contributed by atoms with Gasteiger partial charge in [0, 0.05) is 23.2 Å². The molecule has 9 heteroatoms. The molecule has 2 N–H and O–H groups in total. The zero-order chi connectivity index (χ0) is 23.2. The summed E-state index contributed by atoms with van der Waals surface area (Å²) >= 11 is 5.09. The molecule has 7 nitrogen and oxygen atoms in total. The number of aliphatic hydroxyl groups excluding tert-OH is 1. The van der Waals surface area contributed by atoms with Crippen LogP contribution < -0.4 is 0 Å². The second-order valence-electron chi connectivity index (χ2n) is 8.77. The summed E-state index contributed by atoms with van der Waals surface area (Å²) in [5.41, 5.74) is 0.952. The molecule has 3 heterocycles. The van der Waals surface area contributed by atoms with Gasteiger partial charge in [-0.1, -0.05) is 52.3 Å². The van der Waals surface area contributed by atoms with E-state index in [9.17, 15) is 24.6 Å². The van der Waals surface area contributed by atoms with E-state index in [4.69, 9.17) is 0 Å². The Kier molecular flexibility index (Phi) is 6.44. The molecule has 2 amide bonds. The van der Waals surface area contributed by atoms with E-state index < -0.39 is 34.6 Å². The van der Waals surface area contributed by atoms with Crippen molar-refractivity contribution in [3.05, 3.63) is 48.6 Å². The van der Waals surface area contributed by atoms with Gasteiger partial charge in [0.15, 0.2) is 0 Å². The fraction of sp³-hybridized carbons (Fsp3) is 0.522. The number of aliphatic hydroxyl groups is 1. The average molecular weight is 523 g/mol. The van der Waals surface area contributed by atoms with E-state index in [1.54, 1.807) is 17.9 Å². The molecule has 3 fully saturated rings. The number of halogens is 1. The van der Waals surface area contributed by atoms with Crippen molar-refractivity contribution in [3.63, 3.8) is 0 Å². The molecule has 3 aliphatic rings. The lowest BCUT2D eigenvalue weighted by Crippen LogP contribution is -2.57. The van der Waals surface area contributed by atoms with Gasteiger partial charge in [-0.05, 0) is 18.9 Å². The summed E-state index contributed by atoms with van der Waals surface area (Å²) < 4.78 is -0.838. The summed E-state index contributed by atoms with van der Waals surface area (Å²) in [7, 11) is 0. The maximum atomic E-state index is 14.1. The van der Waals surface area contributed by atoms with E-state index in [2.05, 4.69) is 22.5 Å². The van der Waals surface area contributed by atoms with Gasteiger partial charge in [-0.3, -0.25) is 14.4 Å². The predicted molar refractivity (Wildman–Crippen MR) is 125 cm³/mol. The summed E-state index contributed by atoms with van der Waals surface area (Å²) in [6.45, 7) is 5.84. The van der Waals surface area contributed by atoms with E-state index in [0.717, 1.165) is 5.56 Å². The Morgan fingerprint density at radius 1 is 1.41 bits per heavy atom. The lowest BCUT2D eigenvalue weighted by Gasteiger charge is -2.39. The van der Waals surface area contributed by atoms with Crippen molar-refractivity contribution in [3.8, 4) is 0 Å². The third kappa shape index (κ3) is 3.49. The molecule has 7 atom stereocenters. The Morgan fingerprint density at radius 2 is 2.09 bits per heavy atom. The maximum Gasteiger partial charge on any atom is 0.308 e. The van der Waals surface area contributed by atoms with Crippen LogP contribution in [0.15, 0.2) is 43.0 Å². The maximum absolute atomic E-state index is 14.1. The molecule has 2 bridgehead atoms. The van der Waals surface area contributed by atoms with E-state index in [-0.39, 0.29) is 28.5 Å². The van der Waals surface area contributed by atoms with Crippen molar-refractivity contribution in [1.82, 2.24) is 9.80 Å². The first-order valence-corrected chi connectivity index (χ1v) is 12.5. The minimum Gasteiger partial charge on any atom is -0.481 e. The van der Waals surface area contributed by atoms with E-state index in [1.807, 2.05) is 30.3 Å². The second-order valence-corrected chi connectivity index (χ2v) is 11.5. The molecule has 1 aromatic rings. The Balaban J connectivity index is 1.76. The summed E-state index contributed by atoms with van der Waals surface area (Å²) in [5, 5.41) is 19.6. The van der Waals surface area contributed by atoms with Crippen LogP contribution in [0.5, 0.6) is 0 Å². The number of carboxylic acids is 1. The molecular weight excluding hydrogens is 496 g/mol. The number of benzene rings is 1. The molecule has 3 unspecified atom stereocenters. The fourth-order valence-corrected chi connectivity index (χ4v) is 9.14. The lowest BCUT2D eigenvalue weighted by molar-refractivity contribution is -0.149. The van der Waals surface area contributed by atoms with Crippen LogP contribution in [0, 0.1) is 11.8 Å². The number of likely N-dealkylation sites (tertiary alicyclic amines) is 1. The first kappa shape index (κ1) is 23.3. The van der Waals surface area contributed by atoms with Crippen molar-refractivity contribution in [2.45, 2.75) is 46.8 Å². The van der Waals surface area contributed by atoms with Crippen molar-refractivity contribution in [2.75, 3.05) is 13.2 Å². The lowest BCUT2D eigenvalue weighted by atomic mass is 9.71. The van der Waals surface area contributed by atoms with Crippen LogP contribution in [0.4, 0.5) is 0 Å². The quantitative estimate of drug-likeness (QED) is 0.400. The highest BCUT2D eigenvalue weighted by Crippen LogP contribution is 2.68. The number of hydrogen-bond donors (Lipinski definition) is 2. The molecular formula is C23H27BrN2O5S. The second kappa shape index (κ2) is 8.83. The summed E-state index contributed by atoms with van der Waals surface area (Å²) in [4.78, 5) is 42.8. The molecule has 32 heavy (non-hydrogen) atoms. The smallest absolute Gasteiger partial charge is 0.308 e. The number of aliphatic carboxylic acids is 1. The molecule has 0 aromatic heterocycles. The Morgan fingerprint density at radius 3 is 2.69 bits per heavy atom. The first-order valence-electron chi connectivity index (χ1n) is 10.7. The summed E-state index contributed by atoms with van der Waals surface area (Å²) in [5.74, 6) is -3.23. The Labute approximate surface area is 200 Å². The monoisotopic (exact) mass is 522 g/mol. The van der Waals surface area contributed by atoms with Crippen LogP contribution >= 0.6 is 27.7 Å². The summed E-state index contributed by atoms with van der Waals surface area (Å²) in [6.07, 6.45) is 2.18. The van der Waals surface area contributed by atoms with Crippen molar-refractivity contribution >= 4 is 45.5 Å². The number of rotatable bonds is 8. The molecule has 3 saturated heterocycles. The fourth-order valence-electron chi connectivity index (χ4n) is 5.56. The topological polar surface area (TPSA) is 98.2 Å². The van der Waals surface area contributed by atoms with Crippen LogP contribution in [-0.2, 0) is 20.9 Å². The zero-order valence-electron chi connectivity index (χ0n) is 17.8. The van der Waals surface area contributed by atoms with E-state index >= 15 is 0 Å². The van der Waals surface area contributed by atoms with Gasteiger partial charge in [0.05, 0.1) is 29.2 Å². The highest BCUT2D eigenvalue weighted by Gasteiger charge is 2.76. The van der Waals surface area contributed by atoms with Crippen molar-refractivity contribution in [1.29, 1.82) is 0 Å². The highest BCUT2D eigenvalue weighted by atomic mass is 79.9. The molecule has 1 aromatic carbocycles. The number of nitrogens with zero attached hydrogens (tertiary/aromatic N) is 2. The van der Waals surface area contributed by atoms with Gasteiger partial charge in [-0.2, -0.15) is 0 Å². The number of carbonyl (C=O) groups is 3. The number of thioether (sulfide) groups is 1. The molecule has 172 valence electrons. The summed E-state index contributed by atoms with van der Waals surface area (Å²) in [6, 6.07) is 8.14. The van der Waals surface area contributed by atoms with Gasteiger partial charge in [0.25, 0.3) is 0 Å². The van der Waals surface area contributed by atoms with Crippen LogP contribution in [-0.4, -0.2) is 77.9 Å². The van der Waals surface area contributed by atoms with Gasteiger partial charge >= 0.3 is 5.97 Å². The molecule has 3 aliphatic heterocycles. The minimum absolute atomic E-state index is 0.0979. The van der Waals surface area contributed by atoms with Crippen molar-refractivity contribution in [2.24, 2.45) is 11.8 Å².